The van der Waals surface area contributed by atoms with Gasteiger partial charge in [-0.1, -0.05) is 0 Å². The van der Waals surface area contributed by atoms with Gasteiger partial charge in [0.2, 0.25) is 5.91 Å². The number of amides is 2. The lowest BCUT2D eigenvalue weighted by Crippen LogP contribution is -2.41. The zero-order chi connectivity index (χ0) is 23.4. The highest BCUT2D eigenvalue weighted by atomic mass is 32.1. The van der Waals surface area contributed by atoms with Crippen molar-refractivity contribution in [1.29, 1.82) is 0 Å². The van der Waals surface area contributed by atoms with E-state index >= 15 is 0 Å². The lowest BCUT2D eigenvalue weighted by Gasteiger charge is -2.31. The molecule has 0 bridgehead atoms. The fourth-order valence-electron chi connectivity index (χ4n) is 3.80. The molecule has 0 spiro atoms. The first-order valence-corrected chi connectivity index (χ1v) is 11.4. The highest BCUT2D eigenvalue weighted by Crippen LogP contribution is 2.35. The van der Waals surface area contributed by atoms with Crippen LogP contribution in [0.1, 0.15) is 23.2 Å². The van der Waals surface area contributed by atoms with E-state index in [0.717, 1.165) is 5.56 Å². The van der Waals surface area contributed by atoms with E-state index in [1.54, 1.807) is 19.1 Å². The Morgan fingerprint density at radius 3 is 2.48 bits per heavy atom. The second-order valence-corrected chi connectivity index (χ2v) is 8.52. The van der Waals surface area contributed by atoms with Gasteiger partial charge in [0.25, 0.3) is 5.91 Å². The summed E-state index contributed by atoms with van der Waals surface area (Å²) < 4.78 is 23.8. The van der Waals surface area contributed by atoms with Crippen molar-refractivity contribution in [2.75, 3.05) is 32.6 Å². The molecule has 4 rings (SSSR count). The number of nitrogens with zero attached hydrogens (tertiary/aromatic N) is 2. The average Bonchev–Trinajstić information content (AvgIpc) is 3.32. The number of nitrogens with one attached hydrogen (secondary N) is 1. The van der Waals surface area contributed by atoms with Crippen LogP contribution in [0.4, 0.5) is 9.52 Å². The number of hydrogen-bond donors (Lipinski definition) is 1. The van der Waals surface area contributed by atoms with Crippen molar-refractivity contribution >= 4 is 28.3 Å². The van der Waals surface area contributed by atoms with E-state index in [1.807, 2.05) is 23.6 Å². The number of methoxy groups -OCH3 is 2. The van der Waals surface area contributed by atoms with Crippen molar-refractivity contribution in [1.82, 2.24) is 9.88 Å². The molecule has 7 nitrogen and oxygen atoms in total. The molecule has 1 aromatic heterocycles. The van der Waals surface area contributed by atoms with Crippen molar-refractivity contribution in [3.63, 3.8) is 0 Å². The summed E-state index contributed by atoms with van der Waals surface area (Å²) in [4.78, 5) is 31.6. The van der Waals surface area contributed by atoms with E-state index in [4.69, 9.17) is 9.47 Å². The molecule has 1 N–H and O–H groups in total. The quantitative estimate of drug-likeness (QED) is 0.577. The van der Waals surface area contributed by atoms with Crippen LogP contribution in [0.25, 0.3) is 11.3 Å². The predicted octanol–water partition coefficient (Wildman–Crippen LogP) is 4.46. The van der Waals surface area contributed by atoms with Gasteiger partial charge in [0, 0.05) is 35.5 Å². The molecule has 9 heteroatoms. The summed E-state index contributed by atoms with van der Waals surface area (Å²) in [5.41, 5.74) is 1.91. The lowest BCUT2D eigenvalue weighted by molar-refractivity contribution is -0.121. The number of carbonyl (C=O) groups is 2. The Balaban J connectivity index is 1.36. The SMILES string of the molecule is COc1ccc(OC)c(-c2csc(NC(=O)C3CCN(C(=O)c4ccc(F)cc4)CC3)n2)c1. The molecule has 1 fully saturated rings. The molecular weight excluding hydrogens is 445 g/mol. The summed E-state index contributed by atoms with van der Waals surface area (Å²) in [6, 6.07) is 11.0. The van der Waals surface area contributed by atoms with Gasteiger partial charge in [0.05, 0.1) is 19.9 Å². The molecule has 33 heavy (non-hydrogen) atoms. The first-order valence-electron chi connectivity index (χ1n) is 10.5. The van der Waals surface area contributed by atoms with Crippen LogP contribution < -0.4 is 14.8 Å². The fourth-order valence-corrected chi connectivity index (χ4v) is 4.51. The zero-order valence-corrected chi connectivity index (χ0v) is 19.2. The number of piperidine rings is 1. The van der Waals surface area contributed by atoms with Crippen LogP contribution in [0, 0.1) is 11.7 Å². The molecule has 0 aliphatic carbocycles. The predicted molar refractivity (Wildman–Crippen MR) is 124 cm³/mol. The van der Waals surface area contributed by atoms with Crippen molar-refractivity contribution < 1.29 is 23.5 Å². The van der Waals surface area contributed by atoms with Crippen LogP contribution in [0.2, 0.25) is 0 Å². The minimum Gasteiger partial charge on any atom is -0.497 e. The standard InChI is InChI=1S/C24H24FN3O4S/c1-31-18-7-8-21(32-2)19(13-18)20-14-33-24(26-20)27-22(29)15-9-11-28(12-10-15)23(30)16-3-5-17(25)6-4-16/h3-8,13-15H,9-12H2,1-2H3,(H,26,27,29). The van der Waals surface area contributed by atoms with Crippen LogP contribution in [0.3, 0.4) is 0 Å². The number of carbonyl (C=O) groups excluding carboxylic acids is 2. The smallest absolute Gasteiger partial charge is 0.253 e. The number of rotatable bonds is 6. The molecule has 0 radical (unpaired) electrons. The summed E-state index contributed by atoms with van der Waals surface area (Å²) in [7, 11) is 3.18. The molecule has 2 heterocycles. The van der Waals surface area contributed by atoms with E-state index < -0.39 is 0 Å². The van der Waals surface area contributed by atoms with Gasteiger partial charge in [-0.05, 0) is 55.3 Å². The molecule has 0 unspecified atom stereocenters. The monoisotopic (exact) mass is 469 g/mol. The first kappa shape index (κ1) is 22.7. The van der Waals surface area contributed by atoms with Crippen molar-refractivity contribution in [2.24, 2.45) is 5.92 Å². The van der Waals surface area contributed by atoms with E-state index in [2.05, 4.69) is 10.3 Å². The number of benzene rings is 2. The van der Waals surface area contributed by atoms with E-state index in [9.17, 15) is 14.0 Å². The van der Waals surface area contributed by atoms with E-state index in [-0.39, 0.29) is 23.5 Å². The molecule has 172 valence electrons. The van der Waals surface area contributed by atoms with Crippen molar-refractivity contribution in [2.45, 2.75) is 12.8 Å². The van der Waals surface area contributed by atoms with E-state index in [0.29, 0.717) is 53.8 Å². The highest BCUT2D eigenvalue weighted by molar-refractivity contribution is 7.14. The number of anilines is 1. The van der Waals surface area contributed by atoms with Gasteiger partial charge < -0.3 is 19.7 Å². The molecule has 1 aliphatic rings. The maximum Gasteiger partial charge on any atom is 0.253 e. The summed E-state index contributed by atoms with van der Waals surface area (Å²) in [6.07, 6.45) is 1.11. The largest absolute Gasteiger partial charge is 0.497 e. The van der Waals surface area contributed by atoms with Crippen molar-refractivity contribution in [3.05, 3.63) is 59.2 Å². The summed E-state index contributed by atoms with van der Waals surface area (Å²) in [5.74, 6) is 0.509. The molecule has 2 amide bonds. The van der Waals surface area contributed by atoms with Gasteiger partial charge in [-0.25, -0.2) is 9.37 Å². The van der Waals surface area contributed by atoms with Gasteiger partial charge in [0.1, 0.15) is 17.3 Å². The molecular formula is C24H24FN3O4S. The Bertz CT molecular complexity index is 1140. The summed E-state index contributed by atoms with van der Waals surface area (Å²) >= 11 is 1.34. The maximum atomic E-state index is 13.1. The molecule has 0 saturated carbocycles. The minimum atomic E-state index is -0.378. The van der Waals surface area contributed by atoms with Crippen LogP contribution in [0.5, 0.6) is 11.5 Å². The van der Waals surface area contributed by atoms with E-state index in [1.165, 1.54) is 35.6 Å². The third-order valence-corrected chi connectivity index (χ3v) is 6.42. The Morgan fingerprint density at radius 1 is 1.09 bits per heavy atom. The number of thiazole rings is 1. The van der Waals surface area contributed by atoms with Crippen LogP contribution >= 0.6 is 11.3 Å². The fraction of sp³-hybridized carbons (Fsp3) is 0.292. The third-order valence-electron chi connectivity index (χ3n) is 5.66. The van der Waals surface area contributed by atoms with Gasteiger partial charge in [-0.2, -0.15) is 0 Å². The Kier molecular flexibility index (Phi) is 6.88. The zero-order valence-electron chi connectivity index (χ0n) is 18.3. The summed E-state index contributed by atoms with van der Waals surface area (Å²) in [5, 5.41) is 5.26. The molecule has 2 aromatic carbocycles. The number of hydrogen-bond acceptors (Lipinski definition) is 6. The summed E-state index contributed by atoms with van der Waals surface area (Å²) in [6.45, 7) is 0.941. The normalized spacial score (nSPS) is 14.1. The van der Waals surface area contributed by atoms with Gasteiger partial charge >= 0.3 is 0 Å². The second-order valence-electron chi connectivity index (χ2n) is 7.67. The Hall–Kier alpha value is -3.46. The number of halogens is 1. The molecule has 1 saturated heterocycles. The number of aromatic nitrogens is 1. The lowest BCUT2D eigenvalue weighted by atomic mass is 9.95. The maximum absolute atomic E-state index is 13.1. The highest BCUT2D eigenvalue weighted by Gasteiger charge is 2.28. The Morgan fingerprint density at radius 2 is 1.82 bits per heavy atom. The Labute approximate surface area is 195 Å². The van der Waals surface area contributed by atoms with Gasteiger partial charge in [-0.3, -0.25) is 9.59 Å². The number of ether oxygens (including phenoxy) is 2. The molecule has 3 aromatic rings. The van der Waals surface area contributed by atoms with Crippen LogP contribution in [0.15, 0.2) is 47.8 Å². The molecule has 0 atom stereocenters. The number of likely N-dealkylation sites (tertiary alicyclic amines) is 1. The van der Waals surface area contributed by atoms with Gasteiger partial charge in [0.15, 0.2) is 5.13 Å². The van der Waals surface area contributed by atoms with Crippen LogP contribution in [-0.2, 0) is 4.79 Å². The minimum absolute atomic E-state index is 0.109. The first-order chi connectivity index (χ1) is 16.0. The topological polar surface area (TPSA) is 80.8 Å². The third kappa shape index (κ3) is 5.14. The molecule has 1 aliphatic heterocycles. The van der Waals surface area contributed by atoms with Gasteiger partial charge in [-0.15, -0.1) is 11.3 Å². The average molecular weight is 470 g/mol. The van der Waals surface area contributed by atoms with Crippen LogP contribution in [-0.4, -0.2) is 49.0 Å². The second kappa shape index (κ2) is 9.99. The van der Waals surface area contributed by atoms with Crippen molar-refractivity contribution in [3.8, 4) is 22.8 Å².